The molecule has 0 unspecified atom stereocenters. The van der Waals surface area contributed by atoms with E-state index in [2.05, 4.69) is 71.3 Å². The fourth-order valence-corrected chi connectivity index (χ4v) is 5.82. The molecule has 178 valence electrons. The van der Waals surface area contributed by atoms with Crippen LogP contribution in [-0.2, 0) is 0 Å². The summed E-state index contributed by atoms with van der Waals surface area (Å²) in [6, 6.07) is 43.2. The lowest BCUT2D eigenvalue weighted by Gasteiger charge is -2.11. The van der Waals surface area contributed by atoms with Gasteiger partial charge in [0.25, 0.3) is 5.56 Å². The number of pyridine rings is 1. The van der Waals surface area contributed by atoms with Crippen molar-refractivity contribution in [3.8, 4) is 16.8 Å². The molecule has 0 aliphatic carbocycles. The zero-order valence-corrected chi connectivity index (χ0v) is 20.4. The average Bonchev–Trinajstić information content (AvgIpc) is 3.31. The summed E-state index contributed by atoms with van der Waals surface area (Å²) < 4.78 is 4.04. The van der Waals surface area contributed by atoms with Gasteiger partial charge < -0.3 is 4.57 Å². The Morgan fingerprint density at radius 2 is 1.34 bits per heavy atom. The van der Waals surface area contributed by atoms with E-state index in [0.717, 1.165) is 44.1 Å². The van der Waals surface area contributed by atoms with Gasteiger partial charge in [0, 0.05) is 16.5 Å². The first-order valence-electron chi connectivity index (χ1n) is 12.7. The van der Waals surface area contributed by atoms with Gasteiger partial charge in [0.05, 0.1) is 27.5 Å². The second-order valence-electron chi connectivity index (χ2n) is 9.62. The topological polar surface area (TPSA) is 39.3 Å². The molecule has 5 aromatic carbocycles. The van der Waals surface area contributed by atoms with Crippen molar-refractivity contribution in [3.63, 3.8) is 0 Å². The van der Waals surface area contributed by atoms with Gasteiger partial charge in [-0.1, -0.05) is 72.8 Å². The van der Waals surface area contributed by atoms with E-state index >= 15 is 0 Å². The summed E-state index contributed by atoms with van der Waals surface area (Å²) in [4.78, 5) is 19.0. The number of rotatable bonds is 2. The van der Waals surface area contributed by atoms with Gasteiger partial charge in [-0.2, -0.15) is 0 Å². The first-order chi connectivity index (χ1) is 18.8. The zero-order valence-electron chi connectivity index (χ0n) is 20.4. The van der Waals surface area contributed by atoms with Crippen LogP contribution in [0.3, 0.4) is 0 Å². The molecule has 8 rings (SSSR count). The van der Waals surface area contributed by atoms with Gasteiger partial charge in [-0.3, -0.25) is 9.20 Å². The van der Waals surface area contributed by atoms with E-state index in [9.17, 15) is 4.79 Å². The number of hydrogen-bond acceptors (Lipinski definition) is 2. The van der Waals surface area contributed by atoms with E-state index in [1.54, 1.807) is 4.40 Å². The Kier molecular flexibility index (Phi) is 4.34. The Morgan fingerprint density at radius 1 is 0.579 bits per heavy atom. The molecule has 0 saturated carbocycles. The summed E-state index contributed by atoms with van der Waals surface area (Å²) in [7, 11) is 0. The van der Waals surface area contributed by atoms with Crippen LogP contribution in [0.5, 0.6) is 0 Å². The molecule has 0 bridgehead atoms. The lowest BCUT2D eigenvalue weighted by Crippen LogP contribution is -2.16. The van der Waals surface area contributed by atoms with E-state index < -0.39 is 0 Å². The molecule has 8 aromatic rings. The summed E-state index contributed by atoms with van der Waals surface area (Å²) in [5.74, 6) is 0. The third kappa shape index (κ3) is 2.91. The van der Waals surface area contributed by atoms with Crippen LogP contribution in [-0.4, -0.2) is 14.0 Å². The Balaban J connectivity index is 1.45. The minimum Gasteiger partial charge on any atom is -0.309 e. The van der Waals surface area contributed by atoms with Crippen molar-refractivity contribution in [1.29, 1.82) is 0 Å². The first-order valence-corrected chi connectivity index (χ1v) is 12.7. The summed E-state index contributed by atoms with van der Waals surface area (Å²) >= 11 is 0. The number of nitrogens with zero attached hydrogens (tertiary/aromatic N) is 3. The van der Waals surface area contributed by atoms with Crippen molar-refractivity contribution in [2.45, 2.75) is 0 Å². The molecule has 0 N–H and O–H groups in total. The third-order valence-corrected chi connectivity index (χ3v) is 7.51. The van der Waals surface area contributed by atoms with Gasteiger partial charge in [0.1, 0.15) is 5.65 Å². The van der Waals surface area contributed by atoms with Gasteiger partial charge in [0.15, 0.2) is 0 Å². The maximum absolute atomic E-state index is 14.1. The van der Waals surface area contributed by atoms with Crippen molar-refractivity contribution in [2.75, 3.05) is 0 Å². The third-order valence-electron chi connectivity index (χ3n) is 7.51. The highest BCUT2D eigenvalue weighted by Gasteiger charge is 2.16. The summed E-state index contributed by atoms with van der Waals surface area (Å²) in [5.41, 5.74) is 7.46. The second-order valence-corrected chi connectivity index (χ2v) is 9.62. The molecule has 3 heterocycles. The molecule has 0 fully saturated rings. The fraction of sp³-hybridized carbons (Fsp3) is 0. The van der Waals surface area contributed by atoms with Gasteiger partial charge in [-0.15, -0.1) is 0 Å². The molecule has 0 spiro atoms. The SMILES string of the molecule is O=c1c2c(-c3ccc4c(c3)c3ccccc3n4-c3ccccc3)cccc2nc2ccc3ccccc3n12. The highest BCUT2D eigenvalue weighted by atomic mass is 16.1. The van der Waals surface area contributed by atoms with Gasteiger partial charge in [0.2, 0.25) is 0 Å². The molecule has 0 atom stereocenters. The molecule has 0 aliphatic rings. The minimum absolute atomic E-state index is 0.0517. The van der Waals surface area contributed by atoms with Crippen molar-refractivity contribution < 1.29 is 0 Å². The molecule has 0 amide bonds. The second kappa shape index (κ2) is 7.89. The van der Waals surface area contributed by atoms with Gasteiger partial charge in [-0.25, -0.2) is 4.98 Å². The van der Waals surface area contributed by atoms with Crippen LogP contribution < -0.4 is 5.56 Å². The number of hydrogen-bond donors (Lipinski definition) is 0. The molecule has 4 nitrogen and oxygen atoms in total. The minimum atomic E-state index is -0.0517. The summed E-state index contributed by atoms with van der Waals surface area (Å²) in [6.45, 7) is 0. The van der Waals surface area contributed by atoms with Crippen molar-refractivity contribution in [2.24, 2.45) is 0 Å². The van der Waals surface area contributed by atoms with E-state index in [1.165, 1.54) is 5.39 Å². The van der Waals surface area contributed by atoms with Crippen LogP contribution in [0.25, 0.3) is 66.1 Å². The molecule has 3 aromatic heterocycles. The Hall–Kier alpha value is -5.22. The van der Waals surface area contributed by atoms with Gasteiger partial charge in [-0.05, 0) is 71.1 Å². The highest BCUT2D eigenvalue weighted by molar-refractivity contribution is 6.11. The van der Waals surface area contributed by atoms with Crippen molar-refractivity contribution in [1.82, 2.24) is 14.0 Å². The van der Waals surface area contributed by atoms with E-state index in [-0.39, 0.29) is 5.56 Å². The highest BCUT2D eigenvalue weighted by Crippen LogP contribution is 2.36. The van der Waals surface area contributed by atoms with Gasteiger partial charge >= 0.3 is 0 Å². The normalized spacial score (nSPS) is 11.8. The van der Waals surface area contributed by atoms with Crippen LogP contribution in [0.2, 0.25) is 0 Å². The predicted molar refractivity (Wildman–Crippen MR) is 156 cm³/mol. The number of fused-ring (bicyclic) bond motifs is 7. The lowest BCUT2D eigenvalue weighted by molar-refractivity contribution is 1.13. The smallest absolute Gasteiger partial charge is 0.266 e. The monoisotopic (exact) mass is 487 g/mol. The Morgan fingerprint density at radius 3 is 2.24 bits per heavy atom. The van der Waals surface area contributed by atoms with Crippen molar-refractivity contribution >= 4 is 49.3 Å². The molecule has 0 aliphatic heterocycles. The fourth-order valence-electron chi connectivity index (χ4n) is 5.82. The lowest BCUT2D eigenvalue weighted by atomic mass is 9.99. The predicted octanol–water partition coefficient (Wildman–Crippen LogP) is 7.77. The van der Waals surface area contributed by atoms with E-state index in [4.69, 9.17) is 4.98 Å². The molecule has 38 heavy (non-hydrogen) atoms. The molecule has 4 heteroatoms. The van der Waals surface area contributed by atoms with Crippen LogP contribution in [0, 0.1) is 0 Å². The van der Waals surface area contributed by atoms with Crippen LogP contribution >= 0.6 is 0 Å². The van der Waals surface area contributed by atoms with E-state index in [0.29, 0.717) is 16.6 Å². The van der Waals surface area contributed by atoms with Crippen molar-refractivity contribution in [3.05, 3.63) is 138 Å². The number of para-hydroxylation sites is 3. The quantitative estimate of drug-likeness (QED) is 0.185. The van der Waals surface area contributed by atoms with Crippen LogP contribution in [0.15, 0.2) is 132 Å². The standard InChI is InChI=1S/C34H21N3O/c38-34-33-25(13-8-14-28(33)35-32-20-18-22-9-4-6-15-29(22)37(32)34)23-17-19-31-27(21-23)26-12-5-7-16-30(26)36(31)24-10-2-1-3-11-24/h1-21H. The maximum Gasteiger partial charge on any atom is 0.266 e. The Labute approximate surface area is 217 Å². The zero-order chi connectivity index (χ0) is 25.2. The first kappa shape index (κ1) is 20.9. The molecule has 0 saturated heterocycles. The van der Waals surface area contributed by atoms with Crippen LogP contribution in [0.1, 0.15) is 0 Å². The summed E-state index contributed by atoms with van der Waals surface area (Å²) in [6.07, 6.45) is 0. The molecular weight excluding hydrogens is 466 g/mol. The average molecular weight is 488 g/mol. The molecule has 0 radical (unpaired) electrons. The van der Waals surface area contributed by atoms with Crippen LogP contribution in [0.4, 0.5) is 0 Å². The number of benzene rings is 5. The molecular formula is C34H21N3O. The maximum atomic E-state index is 14.1. The van der Waals surface area contributed by atoms with E-state index in [1.807, 2.05) is 60.7 Å². The Bertz CT molecular complexity index is 2260. The summed E-state index contributed by atoms with van der Waals surface area (Å²) in [5, 5.41) is 3.97. The number of aromatic nitrogens is 3. The largest absolute Gasteiger partial charge is 0.309 e.